The first-order chi connectivity index (χ1) is 7.84. The lowest BCUT2D eigenvalue weighted by atomic mass is 10.2. The lowest BCUT2D eigenvalue weighted by molar-refractivity contribution is 0.191. The first-order valence-corrected chi connectivity index (χ1v) is 5.97. The standard InChI is InChI=1S/C13H20N2O/c1-12-3-2-4-13(11-12)16-10-9-15-7-5-14-6-8-15/h2-4,11,14H,5-10H2,1H3. The maximum atomic E-state index is 5.73. The number of piperazine rings is 1. The molecule has 3 nitrogen and oxygen atoms in total. The Morgan fingerprint density at radius 3 is 2.88 bits per heavy atom. The van der Waals surface area contributed by atoms with Gasteiger partial charge in [0.05, 0.1) is 0 Å². The van der Waals surface area contributed by atoms with Gasteiger partial charge in [0, 0.05) is 32.7 Å². The highest BCUT2D eigenvalue weighted by Gasteiger charge is 2.08. The molecule has 2 rings (SSSR count). The van der Waals surface area contributed by atoms with E-state index in [1.165, 1.54) is 5.56 Å². The highest BCUT2D eigenvalue weighted by Crippen LogP contribution is 2.12. The predicted molar refractivity (Wildman–Crippen MR) is 66.0 cm³/mol. The largest absolute Gasteiger partial charge is 0.492 e. The van der Waals surface area contributed by atoms with Gasteiger partial charge in [0.2, 0.25) is 0 Å². The van der Waals surface area contributed by atoms with Crippen LogP contribution in [0.5, 0.6) is 5.75 Å². The molecule has 0 saturated carbocycles. The van der Waals surface area contributed by atoms with Gasteiger partial charge in [0.15, 0.2) is 0 Å². The molecule has 1 fully saturated rings. The van der Waals surface area contributed by atoms with Crippen molar-refractivity contribution in [3.8, 4) is 5.75 Å². The van der Waals surface area contributed by atoms with Gasteiger partial charge in [-0.3, -0.25) is 4.90 Å². The van der Waals surface area contributed by atoms with Gasteiger partial charge in [-0.05, 0) is 24.6 Å². The fraction of sp³-hybridized carbons (Fsp3) is 0.538. The minimum absolute atomic E-state index is 0.781. The maximum Gasteiger partial charge on any atom is 0.119 e. The van der Waals surface area contributed by atoms with Crippen LogP contribution in [0.3, 0.4) is 0 Å². The molecule has 0 bridgehead atoms. The monoisotopic (exact) mass is 220 g/mol. The third-order valence-electron chi connectivity index (χ3n) is 2.88. The van der Waals surface area contributed by atoms with Crippen LogP contribution in [-0.2, 0) is 0 Å². The zero-order valence-corrected chi connectivity index (χ0v) is 9.91. The molecule has 1 aliphatic heterocycles. The summed E-state index contributed by atoms with van der Waals surface area (Å²) in [6, 6.07) is 8.22. The fourth-order valence-corrected chi connectivity index (χ4v) is 1.93. The van der Waals surface area contributed by atoms with Gasteiger partial charge in [-0.1, -0.05) is 12.1 Å². The molecule has 1 heterocycles. The average Bonchev–Trinajstić information content (AvgIpc) is 2.30. The van der Waals surface area contributed by atoms with E-state index in [-0.39, 0.29) is 0 Å². The summed E-state index contributed by atoms with van der Waals surface area (Å²) in [5.41, 5.74) is 1.25. The Morgan fingerprint density at radius 1 is 1.31 bits per heavy atom. The molecule has 0 atom stereocenters. The van der Waals surface area contributed by atoms with Gasteiger partial charge in [-0.15, -0.1) is 0 Å². The van der Waals surface area contributed by atoms with Crippen molar-refractivity contribution >= 4 is 0 Å². The zero-order valence-electron chi connectivity index (χ0n) is 9.91. The molecule has 1 aliphatic rings. The van der Waals surface area contributed by atoms with Gasteiger partial charge >= 0.3 is 0 Å². The lowest BCUT2D eigenvalue weighted by Crippen LogP contribution is -2.44. The van der Waals surface area contributed by atoms with Crippen molar-refractivity contribution in [1.82, 2.24) is 10.2 Å². The lowest BCUT2D eigenvalue weighted by Gasteiger charge is -2.26. The smallest absolute Gasteiger partial charge is 0.119 e. The summed E-state index contributed by atoms with van der Waals surface area (Å²) in [4.78, 5) is 2.44. The van der Waals surface area contributed by atoms with Crippen LogP contribution >= 0.6 is 0 Å². The Kier molecular flexibility index (Phi) is 4.19. The van der Waals surface area contributed by atoms with Crippen molar-refractivity contribution in [3.63, 3.8) is 0 Å². The van der Waals surface area contributed by atoms with E-state index < -0.39 is 0 Å². The summed E-state index contributed by atoms with van der Waals surface area (Å²) in [5, 5.41) is 3.35. The van der Waals surface area contributed by atoms with Crippen molar-refractivity contribution in [2.24, 2.45) is 0 Å². The van der Waals surface area contributed by atoms with E-state index in [0.29, 0.717) is 0 Å². The Labute approximate surface area is 97.4 Å². The molecule has 0 unspecified atom stereocenters. The van der Waals surface area contributed by atoms with Gasteiger partial charge < -0.3 is 10.1 Å². The second kappa shape index (κ2) is 5.87. The number of nitrogens with one attached hydrogen (secondary N) is 1. The van der Waals surface area contributed by atoms with Gasteiger partial charge in [0.25, 0.3) is 0 Å². The fourth-order valence-electron chi connectivity index (χ4n) is 1.93. The molecule has 1 saturated heterocycles. The Balaban J connectivity index is 1.71. The molecule has 0 aromatic heterocycles. The quantitative estimate of drug-likeness (QED) is 0.827. The first-order valence-electron chi connectivity index (χ1n) is 5.97. The second-order valence-electron chi connectivity index (χ2n) is 4.26. The van der Waals surface area contributed by atoms with E-state index in [1.807, 2.05) is 12.1 Å². The van der Waals surface area contributed by atoms with Crippen LogP contribution in [0, 0.1) is 6.92 Å². The minimum atomic E-state index is 0.781. The van der Waals surface area contributed by atoms with Crippen LogP contribution < -0.4 is 10.1 Å². The third-order valence-corrected chi connectivity index (χ3v) is 2.88. The zero-order chi connectivity index (χ0) is 11.2. The molecule has 0 spiro atoms. The summed E-state index contributed by atoms with van der Waals surface area (Å²) in [6.07, 6.45) is 0. The number of hydrogen-bond acceptors (Lipinski definition) is 3. The summed E-state index contributed by atoms with van der Waals surface area (Å²) in [7, 11) is 0. The van der Waals surface area contributed by atoms with E-state index in [1.54, 1.807) is 0 Å². The van der Waals surface area contributed by atoms with E-state index in [9.17, 15) is 0 Å². The first kappa shape index (κ1) is 11.4. The molecule has 16 heavy (non-hydrogen) atoms. The van der Waals surface area contributed by atoms with Crippen LogP contribution in [0.2, 0.25) is 0 Å². The molecule has 0 amide bonds. The Morgan fingerprint density at radius 2 is 2.12 bits per heavy atom. The molecular formula is C13H20N2O. The highest BCUT2D eigenvalue weighted by molar-refractivity contribution is 5.27. The van der Waals surface area contributed by atoms with Crippen LogP contribution in [0.4, 0.5) is 0 Å². The summed E-state index contributed by atoms with van der Waals surface area (Å²) < 4.78 is 5.73. The van der Waals surface area contributed by atoms with Crippen molar-refractivity contribution in [2.75, 3.05) is 39.3 Å². The van der Waals surface area contributed by atoms with E-state index >= 15 is 0 Å². The van der Waals surface area contributed by atoms with Crippen molar-refractivity contribution < 1.29 is 4.74 Å². The van der Waals surface area contributed by atoms with E-state index in [2.05, 4.69) is 29.3 Å². The molecular weight excluding hydrogens is 200 g/mol. The van der Waals surface area contributed by atoms with E-state index in [0.717, 1.165) is 45.1 Å². The van der Waals surface area contributed by atoms with Gasteiger partial charge in [-0.2, -0.15) is 0 Å². The molecule has 3 heteroatoms. The molecule has 0 aliphatic carbocycles. The number of hydrogen-bond donors (Lipinski definition) is 1. The predicted octanol–water partition coefficient (Wildman–Crippen LogP) is 1.28. The second-order valence-corrected chi connectivity index (χ2v) is 4.26. The molecule has 0 radical (unpaired) electrons. The Bertz CT molecular complexity index is 321. The van der Waals surface area contributed by atoms with Crippen LogP contribution in [0.25, 0.3) is 0 Å². The number of nitrogens with zero attached hydrogens (tertiary/aromatic N) is 1. The summed E-state index contributed by atoms with van der Waals surface area (Å²) >= 11 is 0. The Hall–Kier alpha value is -1.06. The third kappa shape index (κ3) is 3.51. The van der Waals surface area contributed by atoms with Crippen molar-refractivity contribution in [2.45, 2.75) is 6.92 Å². The molecule has 88 valence electrons. The topological polar surface area (TPSA) is 24.5 Å². The van der Waals surface area contributed by atoms with E-state index in [4.69, 9.17) is 4.74 Å². The normalized spacial score (nSPS) is 17.3. The van der Waals surface area contributed by atoms with Crippen LogP contribution in [0.15, 0.2) is 24.3 Å². The highest BCUT2D eigenvalue weighted by atomic mass is 16.5. The minimum Gasteiger partial charge on any atom is -0.492 e. The summed E-state index contributed by atoms with van der Waals surface area (Å²) in [5.74, 6) is 0.982. The number of ether oxygens (including phenoxy) is 1. The SMILES string of the molecule is Cc1cccc(OCCN2CCNCC2)c1. The summed E-state index contributed by atoms with van der Waals surface area (Å²) in [6.45, 7) is 8.37. The molecule has 1 aromatic carbocycles. The van der Waals surface area contributed by atoms with Crippen molar-refractivity contribution in [3.05, 3.63) is 29.8 Å². The number of aryl methyl sites for hydroxylation is 1. The van der Waals surface area contributed by atoms with Crippen LogP contribution in [-0.4, -0.2) is 44.2 Å². The number of benzene rings is 1. The molecule has 1 N–H and O–H groups in total. The number of rotatable bonds is 4. The van der Waals surface area contributed by atoms with Gasteiger partial charge in [0.1, 0.15) is 12.4 Å². The average molecular weight is 220 g/mol. The van der Waals surface area contributed by atoms with Crippen LogP contribution in [0.1, 0.15) is 5.56 Å². The van der Waals surface area contributed by atoms with Gasteiger partial charge in [-0.25, -0.2) is 0 Å². The maximum absolute atomic E-state index is 5.73. The van der Waals surface area contributed by atoms with Crippen molar-refractivity contribution in [1.29, 1.82) is 0 Å². The molecule has 1 aromatic rings.